The van der Waals surface area contributed by atoms with Gasteiger partial charge in [-0.3, -0.25) is 0 Å². The first-order chi connectivity index (χ1) is 30.6. The summed E-state index contributed by atoms with van der Waals surface area (Å²) >= 11 is 1.91. The Bertz CT molecular complexity index is 3270. The number of rotatable bonds is 4. The van der Waals surface area contributed by atoms with E-state index in [-0.39, 0.29) is 23.1 Å². The lowest BCUT2D eigenvalue weighted by molar-refractivity contribution is 0.590. The first kappa shape index (κ1) is 40.4. The van der Waals surface area contributed by atoms with Gasteiger partial charge in [0.2, 0.25) is 0 Å². The summed E-state index contributed by atoms with van der Waals surface area (Å²) in [5.41, 5.74) is 20.1. The minimum Gasteiger partial charge on any atom is -0.376 e. The lowest BCUT2D eigenvalue weighted by atomic mass is 9.42. The SMILES string of the molecule is CC(C)(C)c1ccc(N2B3c4c(cc(-c5ccccc5)cc4N(c4ccc(C(C)(C)C)cc4-c4ccccc4)c4ccc5sc6ccccc6c5c43)-c3cc(C(C)(C)C)ccc32)cc1. The summed E-state index contributed by atoms with van der Waals surface area (Å²) in [5, 5.41) is 2.66. The summed E-state index contributed by atoms with van der Waals surface area (Å²) in [5.74, 6) is 0. The molecule has 0 atom stereocenters. The van der Waals surface area contributed by atoms with Crippen molar-refractivity contribution >= 4 is 77.7 Å². The Balaban J connectivity index is 1.32. The standard InChI is InChI=1S/C60H55BN2S/c1-58(2,3)41-24-28-44(29-25-41)63-50-31-27-43(60(7,8)9)37-47(50)48-34-40(38-18-12-10-13-19-38)35-52-56(48)61(63)57-51(32-33-54-55(57)45-22-16-17-23-53(45)64-54)62(52)49-30-26-42(59(4,5)6)36-46(49)39-20-14-11-15-21-39/h10-37H,1-9H3. The maximum atomic E-state index is 2.69. The zero-order valence-electron chi connectivity index (χ0n) is 38.5. The Morgan fingerprint density at radius 2 is 0.953 bits per heavy atom. The van der Waals surface area contributed by atoms with Crippen molar-refractivity contribution in [3.8, 4) is 33.4 Å². The first-order valence-electron chi connectivity index (χ1n) is 22.9. The molecule has 11 rings (SSSR count). The fourth-order valence-electron chi connectivity index (χ4n) is 10.3. The lowest BCUT2D eigenvalue weighted by Crippen LogP contribution is -2.61. The van der Waals surface area contributed by atoms with E-state index in [1.807, 2.05) is 11.3 Å². The largest absolute Gasteiger partial charge is 0.376 e. The number of benzene rings is 8. The molecule has 0 saturated heterocycles. The van der Waals surface area contributed by atoms with Gasteiger partial charge in [-0.15, -0.1) is 11.3 Å². The van der Waals surface area contributed by atoms with Crippen molar-refractivity contribution < 1.29 is 0 Å². The van der Waals surface area contributed by atoms with Crippen molar-refractivity contribution in [1.82, 2.24) is 0 Å². The number of hydrogen-bond donors (Lipinski definition) is 0. The van der Waals surface area contributed by atoms with Gasteiger partial charge in [0.05, 0.1) is 5.69 Å². The highest BCUT2D eigenvalue weighted by atomic mass is 32.1. The highest BCUT2D eigenvalue weighted by Gasteiger charge is 2.47. The average Bonchev–Trinajstić information content (AvgIpc) is 3.67. The molecule has 2 aliphatic heterocycles. The normalized spacial score (nSPS) is 13.6. The lowest BCUT2D eigenvalue weighted by Gasteiger charge is -2.47. The molecular formula is C60H55BN2S. The van der Waals surface area contributed by atoms with E-state index >= 15 is 0 Å². The number of anilines is 5. The van der Waals surface area contributed by atoms with Gasteiger partial charge in [-0.25, -0.2) is 0 Å². The summed E-state index contributed by atoms with van der Waals surface area (Å²) in [6.07, 6.45) is 0. The molecule has 4 heteroatoms. The number of hydrogen-bond acceptors (Lipinski definition) is 3. The first-order valence-corrected chi connectivity index (χ1v) is 23.7. The molecule has 0 radical (unpaired) electrons. The van der Waals surface area contributed by atoms with E-state index in [0.717, 1.165) is 0 Å². The van der Waals surface area contributed by atoms with Gasteiger partial charge in [-0.1, -0.05) is 165 Å². The molecule has 0 aliphatic carbocycles. The fourth-order valence-corrected chi connectivity index (χ4v) is 11.4. The smallest absolute Gasteiger partial charge is 0.333 e. The molecule has 0 bridgehead atoms. The van der Waals surface area contributed by atoms with Crippen LogP contribution in [0.15, 0.2) is 170 Å². The molecule has 314 valence electrons. The van der Waals surface area contributed by atoms with Crippen LogP contribution < -0.4 is 20.6 Å². The topological polar surface area (TPSA) is 6.48 Å². The van der Waals surface area contributed by atoms with Gasteiger partial charge in [0.25, 0.3) is 0 Å². The Morgan fingerprint density at radius 3 is 1.61 bits per heavy atom. The van der Waals surface area contributed by atoms with E-state index < -0.39 is 0 Å². The van der Waals surface area contributed by atoms with Crippen molar-refractivity contribution in [2.75, 3.05) is 9.71 Å². The highest BCUT2D eigenvalue weighted by Crippen LogP contribution is 2.52. The highest BCUT2D eigenvalue weighted by molar-refractivity contribution is 7.26. The van der Waals surface area contributed by atoms with Crippen LogP contribution in [-0.2, 0) is 16.2 Å². The Labute approximate surface area is 384 Å². The number of thiophene rings is 1. The predicted molar refractivity (Wildman–Crippen MR) is 280 cm³/mol. The summed E-state index contributed by atoms with van der Waals surface area (Å²) in [7, 11) is 0. The van der Waals surface area contributed by atoms with Gasteiger partial charge in [0.1, 0.15) is 0 Å². The molecule has 1 aromatic heterocycles. The summed E-state index contributed by atoms with van der Waals surface area (Å²) in [6, 6.07) is 64.8. The predicted octanol–water partition coefficient (Wildman–Crippen LogP) is 16.0. The average molecular weight is 847 g/mol. The molecule has 2 nitrogen and oxygen atoms in total. The third kappa shape index (κ3) is 6.52. The molecule has 8 aromatic carbocycles. The van der Waals surface area contributed by atoms with Crippen LogP contribution in [0.5, 0.6) is 0 Å². The van der Waals surface area contributed by atoms with Gasteiger partial charge in [0.15, 0.2) is 0 Å². The molecule has 0 N–H and O–H groups in total. The molecule has 9 aromatic rings. The summed E-state index contributed by atoms with van der Waals surface area (Å²) in [6.45, 7) is 20.8. The molecule has 3 heterocycles. The summed E-state index contributed by atoms with van der Waals surface area (Å²) in [4.78, 5) is 5.32. The van der Waals surface area contributed by atoms with E-state index in [4.69, 9.17) is 0 Å². The minimum absolute atomic E-state index is 0.0291. The Hall–Kier alpha value is -6.36. The van der Waals surface area contributed by atoms with Gasteiger partial charge < -0.3 is 9.71 Å². The molecule has 2 aliphatic rings. The van der Waals surface area contributed by atoms with Crippen LogP contribution in [0.3, 0.4) is 0 Å². The maximum absolute atomic E-state index is 2.69. The van der Waals surface area contributed by atoms with Gasteiger partial charge in [-0.2, -0.15) is 0 Å². The van der Waals surface area contributed by atoms with Crippen LogP contribution in [0.2, 0.25) is 0 Å². The van der Waals surface area contributed by atoms with E-state index in [2.05, 4.69) is 242 Å². The van der Waals surface area contributed by atoms with E-state index in [1.165, 1.54) is 110 Å². The zero-order chi connectivity index (χ0) is 44.3. The minimum atomic E-state index is -0.120. The molecule has 64 heavy (non-hydrogen) atoms. The second kappa shape index (κ2) is 14.6. The Morgan fingerprint density at radius 1 is 0.391 bits per heavy atom. The van der Waals surface area contributed by atoms with Crippen molar-refractivity contribution in [2.24, 2.45) is 0 Å². The maximum Gasteiger partial charge on any atom is 0.333 e. The molecule has 0 amide bonds. The van der Waals surface area contributed by atoms with E-state index in [9.17, 15) is 0 Å². The molecule has 0 fully saturated rings. The van der Waals surface area contributed by atoms with E-state index in [0.29, 0.717) is 0 Å². The monoisotopic (exact) mass is 846 g/mol. The van der Waals surface area contributed by atoms with Crippen LogP contribution in [0, 0.1) is 0 Å². The third-order valence-corrected chi connectivity index (χ3v) is 14.9. The quantitative estimate of drug-likeness (QED) is 0.163. The Kier molecular flexibility index (Phi) is 9.21. The molecule has 0 saturated carbocycles. The van der Waals surface area contributed by atoms with Crippen LogP contribution in [0.25, 0.3) is 53.6 Å². The van der Waals surface area contributed by atoms with E-state index in [1.54, 1.807) is 0 Å². The van der Waals surface area contributed by atoms with Crippen molar-refractivity contribution in [1.29, 1.82) is 0 Å². The molecular weight excluding hydrogens is 792 g/mol. The van der Waals surface area contributed by atoms with Crippen molar-refractivity contribution in [3.63, 3.8) is 0 Å². The van der Waals surface area contributed by atoms with Crippen LogP contribution in [0.4, 0.5) is 28.4 Å². The second-order valence-electron chi connectivity index (χ2n) is 21.0. The van der Waals surface area contributed by atoms with Crippen LogP contribution >= 0.6 is 11.3 Å². The van der Waals surface area contributed by atoms with Crippen molar-refractivity contribution in [2.45, 2.75) is 78.6 Å². The third-order valence-electron chi connectivity index (χ3n) is 13.7. The molecule has 0 unspecified atom stereocenters. The van der Waals surface area contributed by atoms with Gasteiger partial charge in [0, 0.05) is 43.3 Å². The van der Waals surface area contributed by atoms with Crippen LogP contribution in [-0.4, -0.2) is 6.85 Å². The number of nitrogens with zero attached hydrogens (tertiary/aromatic N) is 2. The van der Waals surface area contributed by atoms with Crippen LogP contribution in [0.1, 0.15) is 79.0 Å². The van der Waals surface area contributed by atoms with Gasteiger partial charge >= 0.3 is 6.85 Å². The second-order valence-corrected chi connectivity index (χ2v) is 22.1. The van der Waals surface area contributed by atoms with Gasteiger partial charge in [-0.05, 0) is 144 Å². The number of fused-ring (bicyclic) bond motifs is 8. The molecule has 0 spiro atoms. The van der Waals surface area contributed by atoms with Crippen molar-refractivity contribution in [3.05, 3.63) is 187 Å². The zero-order valence-corrected chi connectivity index (χ0v) is 39.4. The fraction of sp³-hybridized carbons (Fsp3) is 0.200. The summed E-state index contributed by atoms with van der Waals surface area (Å²) < 4.78 is 2.63.